The van der Waals surface area contributed by atoms with E-state index in [9.17, 15) is 4.79 Å². The molecule has 2 aromatic heterocycles. The Morgan fingerprint density at radius 1 is 1.50 bits per heavy atom. The van der Waals surface area contributed by atoms with Crippen LogP contribution in [0.5, 0.6) is 5.75 Å². The minimum atomic E-state index is -0.218. The van der Waals surface area contributed by atoms with Gasteiger partial charge in [0.25, 0.3) is 5.91 Å². The van der Waals surface area contributed by atoms with Gasteiger partial charge in [-0.05, 0) is 23.6 Å². The second-order valence-electron chi connectivity index (χ2n) is 3.36. The number of ether oxygens (including phenoxy) is 2. The maximum absolute atomic E-state index is 12.0. The monoisotopic (exact) mass is 264 g/mol. The molecule has 0 aliphatic carbocycles. The zero-order valence-electron chi connectivity index (χ0n) is 9.75. The van der Waals surface area contributed by atoms with E-state index in [0.717, 1.165) is 0 Å². The van der Waals surface area contributed by atoms with Crippen LogP contribution < -0.4 is 10.1 Å². The number of thiophene rings is 1. The van der Waals surface area contributed by atoms with Gasteiger partial charge in [-0.1, -0.05) is 0 Å². The highest BCUT2D eigenvalue weighted by Crippen LogP contribution is 2.25. The highest BCUT2D eigenvalue weighted by Gasteiger charge is 2.14. The number of pyridine rings is 1. The fraction of sp³-hybridized carbons (Fsp3) is 0.167. The molecule has 1 N–H and O–H groups in total. The van der Waals surface area contributed by atoms with Crippen LogP contribution in [0.2, 0.25) is 0 Å². The van der Waals surface area contributed by atoms with Crippen LogP contribution >= 0.6 is 11.3 Å². The molecule has 1 amide bonds. The first-order valence-corrected chi connectivity index (χ1v) is 6.10. The Balaban J connectivity index is 2.07. The van der Waals surface area contributed by atoms with Crippen LogP contribution in [-0.2, 0) is 4.74 Å². The number of rotatable bonds is 5. The summed E-state index contributed by atoms with van der Waals surface area (Å²) in [7, 11) is 1.53. The molecule has 0 aliphatic rings. The van der Waals surface area contributed by atoms with E-state index < -0.39 is 0 Å². The third kappa shape index (κ3) is 3.06. The maximum Gasteiger partial charge on any atom is 0.269 e. The number of hydrogen-bond donors (Lipinski definition) is 1. The molecule has 5 nitrogen and oxygen atoms in total. The topological polar surface area (TPSA) is 60.5 Å². The number of amides is 1. The molecular formula is C12H12N2O3S. The van der Waals surface area contributed by atoms with Gasteiger partial charge in [-0.3, -0.25) is 9.78 Å². The summed E-state index contributed by atoms with van der Waals surface area (Å²) in [6.45, 7) is 0.115. The van der Waals surface area contributed by atoms with Crippen molar-refractivity contribution >= 4 is 22.9 Å². The minimum Gasteiger partial charge on any atom is -0.466 e. The average Bonchev–Trinajstić information content (AvgIpc) is 2.86. The molecule has 94 valence electrons. The van der Waals surface area contributed by atoms with E-state index >= 15 is 0 Å². The number of carbonyl (C=O) groups is 1. The zero-order valence-corrected chi connectivity index (χ0v) is 10.6. The second-order valence-corrected chi connectivity index (χ2v) is 4.28. The predicted octanol–water partition coefficient (Wildman–Crippen LogP) is 2.38. The fourth-order valence-corrected chi connectivity index (χ4v) is 2.05. The summed E-state index contributed by atoms with van der Waals surface area (Å²) >= 11 is 1.31. The molecule has 6 heteroatoms. The van der Waals surface area contributed by atoms with Crippen molar-refractivity contribution in [2.75, 3.05) is 19.2 Å². The molecule has 0 atom stereocenters. The number of methoxy groups -OCH3 is 1. The molecule has 2 heterocycles. The Kier molecular flexibility index (Phi) is 4.27. The minimum absolute atomic E-state index is 0.115. The van der Waals surface area contributed by atoms with Gasteiger partial charge >= 0.3 is 0 Å². The van der Waals surface area contributed by atoms with Crippen LogP contribution in [-0.4, -0.2) is 24.8 Å². The van der Waals surface area contributed by atoms with Crippen LogP contribution in [0, 0.1) is 0 Å². The van der Waals surface area contributed by atoms with Crippen molar-refractivity contribution in [1.29, 1.82) is 0 Å². The lowest BCUT2D eigenvalue weighted by Crippen LogP contribution is -2.12. The highest BCUT2D eigenvalue weighted by atomic mass is 32.1. The van der Waals surface area contributed by atoms with Crippen molar-refractivity contribution in [2.45, 2.75) is 0 Å². The van der Waals surface area contributed by atoms with Crippen LogP contribution in [0.4, 0.5) is 5.69 Å². The van der Waals surface area contributed by atoms with Gasteiger partial charge in [0.1, 0.15) is 10.6 Å². The Labute approximate surface area is 108 Å². The first-order chi connectivity index (χ1) is 8.81. The van der Waals surface area contributed by atoms with Crippen molar-refractivity contribution in [2.24, 2.45) is 0 Å². The molecule has 2 aromatic rings. The molecular weight excluding hydrogens is 252 g/mol. The smallest absolute Gasteiger partial charge is 0.269 e. The van der Waals surface area contributed by atoms with E-state index in [0.29, 0.717) is 16.3 Å². The first kappa shape index (κ1) is 12.5. The number of anilines is 1. The van der Waals surface area contributed by atoms with Crippen molar-refractivity contribution in [3.05, 3.63) is 40.8 Å². The third-order valence-corrected chi connectivity index (χ3v) is 2.98. The Morgan fingerprint density at radius 2 is 2.39 bits per heavy atom. The van der Waals surface area contributed by atoms with E-state index in [2.05, 4.69) is 10.3 Å². The van der Waals surface area contributed by atoms with Gasteiger partial charge in [-0.25, -0.2) is 0 Å². The second kappa shape index (κ2) is 6.13. The quantitative estimate of drug-likeness (QED) is 0.842. The molecule has 2 rings (SSSR count). The van der Waals surface area contributed by atoms with E-state index in [1.165, 1.54) is 18.4 Å². The van der Waals surface area contributed by atoms with E-state index in [-0.39, 0.29) is 12.7 Å². The van der Waals surface area contributed by atoms with E-state index in [1.54, 1.807) is 36.0 Å². The van der Waals surface area contributed by atoms with Crippen LogP contribution in [0.1, 0.15) is 9.67 Å². The van der Waals surface area contributed by atoms with Crippen molar-refractivity contribution < 1.29 is 14.3 Å². The molecule has 0 aliphatic heterocycles. The van der Waals surface area contributed by atoms with Crippen molar-refractivity contribution in [1.82, 2.24) is 4.98 Å². The summed E-state index contributed by atoms with van der Waals surface area (Å²) in [6.07, 6.45) is 3.23. The van der Waals surface area contributed by atoms with Gasteiger partial charge in [0.2, 0.25) is 0 Å². The van der Waals surface area contributed by atoms with Crippen molar-refractivity contribution in [3.63, 3.8) is 0 Å². The van der Waals surface area contributed by atoms with Gasteiger partial charge in [0, 0.05) is 13.3 Å². The molecule has 18 heavy (non-hydrogen) atoms. The normalized spacial score (nSPS) is 10.1. The fourth-order valence-electron chi connectivity index (χ4n) is 1.32. The Morgan fingerprint density at radius 3 is 3.11 bits per heavy atom. The standard InChI is InChI=1S/C12H12N2O3S/c1-16-8-17-10-4-6-18-11(10)12(15)14-9-3-2-5-13-7-9/h2-7H,8H2,1H3,(H,14,15). The maximum atomic E-state index is 12.0. The Bertz CT molecular complexity index is 513. The van der Waals surface area contributed by atoms with E-state index in [1.807, 2.05) is 0 Å². The summed E-state index contributed by atoms with van der Waals surface area (Å²) in [5.41, 5.74) is 0.647. The summed E-state index contributed by atoms with van der Waals surface area (Å²) in [5.74, 6) is 0.298. The number of nitrogens with one attached hydrogen (secondary N) is 1. The number of nitrogens with zero attached hydrogens (tertiary/aromatic N) is 1. The van der Waals surface area contributed by atoms with Crippen LogP contribution in [0.25, 0.3) is 0 Å². The van der Waals surface area contributed by atoms with Crippen LogP contribution in [0.3, 0.4) is 0 Å². The number of hydrogen-bond acceptors (Lipinski definition) is 5. The molecule has 0 unspecified atom stereocenters. The summed E-state index contributed by atoms with van der Waals surface area (Å²) in [5, 5.41) is 4.54. The van der Waals surface area contributed by atoms with Gasteiger partial charge in [-0.2, -0.15) is 0 Å². The van der Waals surface area contributed by atoms with Gasteiger partial charge < -0.3 is 14.8 Å². The number of aromatic nitrogens is 1. The predicted molar refractivity (Wildman–Crippen MR) is 69.0 cm³/mol. The number of carbonyl (C=O) groups excluding carboxylic acids is 1. The lowest BCUT2D eigenvalue weighted by molar-refractivity contribution is 0.0507. The SMILES string of the molecule is COCOc1ccsc1C(=O)Nc1cccnc1. The third-order valence-electron chi connectivity index (χ3n) is 2.09. The van der Waals surface area contributed by atoms with Crippen molar-refractivity contribution in [3.8, 4) is 5.75 Å². The van der Waals surface area contributed by atoms with Gasteiger partial charge in [0.15, 0.2) is 6.79 Å². The largest absolute Gasteiger partial charge is 0.466 e. The summed E-state index contributed by atoms with van der Waals surface area (Å²) in [6, 6.07) is 5.27. The first-order valence-electron chi connectivity index (χ1n) is 5.22. The average molecular weight is 264 g/mol. The zero-order chi connectivity index (χ0) is 12.8. The molecule has 0 bridgehead atoms. The molecule has 0 spiro atoms. The molecule has 0 saturated heterocycles. The highest BCUT2D eigenvalue weighted by molar-refractivity contribution is 7.12. The molecule has 0 radical (unpaired) electrons. The van der Waals surface area contributed by atoms with Crippen LogP contribution in [0.15, 0.2) is 36.0 Å². The van der Waals surface area contributed by atoms with Gasteiger partial charge in [0.05, 0.1) is 11.9 Å². The van der Waals surface area contributed by atoms with Gasteiger partial charge in [-0.15, -0.1) is 11.3 Å². The molecule has 0 fully saturated rings. The molecule has 0 saturated carbocycles. The summed E-state index contributed by atoms with van der Waals surface area (Å²) in [4.78, 5) is 16.4. The molecule has 0 aromatic carbocycles. The lowest BCUT2D eigenvalue weighted by atomic mass is 10.3. The Hall–Kier alpha value is -1.92. The summed E-state index contributed by atoms with van der Waals surface area (Å²) < 4.78 is 10.1. The lowest BCUT2D eigenvalue weighted by Gasteiger charge is -2.06. The van der Waals surface area contributed by atoms with E-state index in [4.69, 9.17) is 9.47 Å².